The van der Waals surface area contributed by atoms with Gasteiger partial charge in [-0.15, -0.1) is 0 Å². The average Bonchev–Trinajstić information content (AvgIpc) is 2.19. The van der Waals surface area contributed by atoms with Crippen molar-refractivity contribution in [2.75, 3.05) is 7.11 Å². The number of carbonyl (C=O) groups is 2. The highest BCUT2D eigenvalue weighted by Gasteiger charge is 2.16. The number of hydrogen-bond donors (Lipinski definition) is 0. The number of benzene rings is 1. The summed E-state index contributed by atoms with van der Waals surface area (Å²) in [6.07, 6.45) is 0.642. The van der Waals surface area contributed by atoms with Gasteiger partial charge in [-0.2, -0.15) is 0 Å². The number of carbonyl (C=O) groups excluding carboxylic acids is 2. The van der Waals surface area contributed by atoms with E-state index >= 15 is 0 Å². The van der Waals surface area contributed by atoms with Gasteiger partial charge >= 0.3 is 5.97 Å². The van der Waals surface area contributed by atoms with Crippen LogP contribution >= 0.6 is 15.9 Å². The molecule has 0 saturated carbocycles. The lowest BCUT2D eigenvalue weighted by atomic mass is 10.0. The van der Waals surface area contributed by atoms with Gasteiger partial charge in [-0.1, -0.05) is 22.0 Å². The summed E-state index contributed by atoms with van der Waals surface area (Å²) in [6.45, 7) is 1.76. The Hall–Kier alpha value is -1.16. The first-order valence-corrected chi connectivity index (χ1v) is 4.73. The predicted molar refractivity (Wildman–Crippen MR) is 55.6 cm³/mol. The Morgan fingerprint density at radius 1 is 1.50 bits per heavy atom. The lowest BCUT2D eigenvalue weighted by Gasteiger charge is -2.07. The van der Waals surface area contributed by atoms with Gasteiger partial charge in [0.05, 0.1) is 12.7 Å². The van der Waals surface area contributed by atoms with E-state index in [4.69, 9.17) is 0 Å². The molecule has 0 aliphatic heterocycles. The summed E-state index contributed by atoms with van der Waals surface area (Å²) in [6, 6.07) is 3.48. The maximum Gasteiger partial charge on any atom is 0.338 e. The van der Waals surface area contributed by atoms with Crippen molar-refractivity contribution in [1.29, 1.82) is 0 Å². The van der Waals surface area contributed by atoms with E-state index in [0.717, 1.165) is 5.56 Å². The quantitative estimate of drug-likeness (QED) is 0.603. The monoisotopic (exact) mass is 256 g/mol. The fourth-order valence-electron chi connectivity index (χ4n) is 1.19. The summed E-state index contributed by atoms with van der Waals surface area (Å²) in [5.74, 6) is -0.495. The third-order valence-corrected chi connectivity index (χ3v) is 2.60. The molecule has 0 aromatic heterocycles. The molecule has 0 unspecified atom stereocenters. The van der Waals surface area contributed by atoms with E-state index in [2.05, 4.69) is 20.7 Å². The average molecular weight is 257 g/mol. The van der Waals surface area contributed by atoms with Gasteiger partial charge in [-0.05, 0) is 18.6 Å². The van der Waals surface area contributed by atoms with E-state index in [9.17, 15) is 9.59 Å². The van der Waals surface area contributed by atoms with Crippen molar-refractivity contribution < 1.29 is 14.3 Å². The molecule has 0 radical (unpaired) electrons. The van der Waals surface area contributed by atoms with Crippen LogP contribution in [0.15, 0.2) is 16.6 Å². The Balaban J connectivity index is 3.44. The first kappa shape index (κ1) is 10.9. The molecule has 0 aliphatic rings. The zero-order valence-electron chi connectivity index (χ0n) is 7.83. The Morgan fingerprint density at radius 3 is 2.64 bits per heavy atom. The zero-order valence-corrected chi connectivity index (χ0v) is 9.42. The van der Waals surface area contributed by atoms with E-state index < -0.39 is 5.97 Å². The van der Waals surface area contributed by atoms with E-state index in [1.165, 1.54) is 7.11 Å². The van der Waals surface area contributed by atoms with Crippen molar-refractivity contribution in [3.63, 3.8) is 0 Å². The molecule has 1 rings (SSSR count). The van der Waals surface area contributed by atoms with Crippen molar-refractivity contribution in [2.24, 2.45) is 0 Å². The van der Waals surface area contributed by atoms with Crippen LogP contribution in [0, 0.1) is 6.92 Å². The number of ether oxygens (including phenoxy) is 1. The van der Waals surface area contributed by atoms with Crippen LogP contribution in [0.25, 0.3) is 0 Å². The Morgan fingerprint density at radius 2 is 2.14 bits per heavy atom. The number of methoxy groups -OCH3 is 1. The molecule has 0 saturated heterocycles. The van der Waals surface area contributed by atoms with E-state index in [1.807, 2.05) is 0 Å². The first-order chi connectivity index (χ1) is 6.61. The summed E-state index contributed by atoms with van der Waals surface area (Å²) in [7, 11) is 1.29. The first-order valence-electron chi connectivity index (χ1n) is 3.94. The van der Waals surface area contributed by atoms with E-state index in [0.29, 0.717) is 21.9 Å². The molecule has 1 aromatic carbocycles. The molecule has 0 spiro atoms. The lowest BCUT2D eigenvalue weighted by molar-refractivity contribution is 0.0597. The van der Waals surface area contributed by atoms with Gasteiger partial charge in [0.1, 0.15) is 0 Å². The van der Waals surface area contributed by atoms with Crippen molar-refractivity contribution in [3.8, 4) is 0 Å². The van der Waals surface area contributed by atoms with Crippen molar-refractivity contribution in [2.45, 2.75) is 6.92 Å². The number of esters is 1. The summed E-state index contributed by atoms with van der Waals surface area (Å²) >= 11 is 3.20. The highest BCUT2D eigenvalue weighted by atomic mass is 79.9. The summed E-state index contributed by atoms with van der Waals surface area (Å²) < 4.78 is 5.19. The van der Waals surface area contributed by atoms with Crippen molar-refractivity contribution in [3.05, 3.63) is 33.3 Å². The van der Waals surface area contributed by atoms with Crippen molar-refractivity contribution in [1.82, 2.24) is 0 Å². The van der Waals surface area contributed by atoms with E-state index in [-0.39, 0.29) is 0 Å². The molecular weight excluding hydrogens is 248 g/mol. The molecule has 0 atom stereocenters. The fraction of sp³-hybridized carbons (Fsp3) is 0.200. The molecule has 3 nitrogen and oxygen atoms in total. The maximum atomic E-state index is 11.4. The van der Waals surface area contributed by atoms with Gasteiger partial charge < -0.3 is 4.74 Å². The van der Waals surface area contributed by atoms with E-state index in [1.54, 1.807) is 19.1 Å². The largest absolute Gasteiger partial charge is 0.465 e. The zero-order chi connectivity index (χ0) is 10.7. The number of aryl methyl sites for hydroxylation is 1. The Bertz CT molecular complexity index is 385. The van der Waals surface area contributed by atoms with Crippen LogP contribution in [0.2, 0.25) is 0 Å². The topological polar surface area (TPSA) is 43.4 Å². The molecule has 0 fully saturated rings. The lowest BCUT2D eigenvalue weighted by Crippen LogP contribution is -2.08. The van der Waals surface area contributed by atoms with Crippen molar-refractivity contribution >= 4 is 28.2 Å². The van der Waals surface area contributed by atoms with Gasteiger partial charge in [0.15, 0.2) is 6.29 Å². The fourth-order valence-corrected chi connectivity index (χ4v) is 1.62. The van der Waals surface area contributed by atoms with Gasteiger partial charge in [0.2, 0.25) is 0 Å². The standard InChI is InChI=1S/C10H9BrO3/c1-6-3-4-8(11)7(5-12)9(6)10(13)14-2/h3-5H,1-2H3. The maximum absolute atomic E-state index is 11.4. The molecule has 4 heteroatoms. The molecular formula is C10H9BrO3. The minimum atomic E-state index is -0.495. The second-order valence-electron chi connectivity index (χ2n) is 2.76. The molecule has 0 aliphatic carbocycles. The second kappa shape index (κ2) is 4.37. The van der Waals surface area contributed by atoms with Crippen LogP contribution in [-0.2, 0) is 4.74 Å². The van der Waals surface area contributed by atoms with Gasteiger partial charge in [0, 0.05) is 10.0 Å². The van der Waals surface area contributed by atoms with Crippen LogP contribution in [0.3, 0.4) is 0 Å². The number of aldehydes is 1. The highest BCUT2D eigenvalue weighted by Crippen LogP contribution is 2.22. The van der Waals surface area contributed by atoms with Crippen LogP contribution in [0.5, 0.6) is 0 Å². The SMILES string of the molecule is COC(=O)c1c(C)ccc(Br)c1C=O. The number of rotatable bonds is 2. The van der Waals surface area contributed by atoms with Gasteiger partial charge in [-0.3, -0.25) is 4.79 Å². The third kappa shape index (κ3) is 1.85. The van der Waals surface area contributed by atoms with Gasteiger partial charge in [-0.25, -0.2) is 4.79 Å². The molecule has 0 bridgehead atoms. The molecule has 1 aromatic rings. The minimum Gasteiger partial charge on any atom is -0.465 e. The Kier molecular flexibility index (Phi) is 3.41. The third-order valence-electron chi connectivity index (χ3n) is 1.91. The smallest absolute Gasteiger partial charge is 0.338 e. The Labute approximate surface area is 90.2 Å². The summed E-state index contributed by atoms with van der Waals surface area (Å²) in [4.78, 5) is 22.1. The molecule has 0 N–H and O–H groups in total. The summed E-state index contributed by atoms with van der Waals surface area (Å²) in [5, 5.41) is 0. The molecule has 74 valence electrons. The van der Waals surface area contributed by atoms with Gasteiger partial charge in [0.25, 0.3) is 0 Å². The van der Waals surface area contributed by atoms with Crippen LogP contribution in [0.1, 0.15) is 26.3 Å². The summed E-state index contributed by atoms with van der Waals surface area (Å²) in [5.41, 5.74) is 1.37. The predicted octanol–water partition coefficient (Wildman–Crippen LogP) is 2.36. The van der Waals surface area contributed by atoms with Crippen LogP contribution < -0.4 is 0 Å². The van der Waals surface area contributed by atoms with Crippen LogP contribution in [0.4, 0.5) is 0 Å². The number of hydrogen-bond acceptors (Lipinski definition) is 3. The molecule has 14 heavy (non-hydrogen) atoms. The minimum absolute atomic E-state index is 0.317. The number of halogens is 1. The normalized spacial score (nSPS) is 9.64. The highest BCUT2D eigenvalue weighted by molar-refractivity contribution is 9.10. The second-order valence-corrected chi connectivity index (χ2v) is 3.62. The molecule has 0 heterocycles. The molecule has 0 amide bonds. The van der Waals surface area contributed by atoms with Crippen LogP contribution in [-0.4, -0.2) is 19.4 Å².